The molecule has 0 radical (unpaired) electrons. The first-order valence-corrected chi connectivity index (χ1v) is 4.13. The molecule has 10 heavy (non-hydrogen) atoms. The average molecular weight is 139 g/mol. The van der Waals surface area contributed by atoms with Gasteiger partial charge in [0.05, 0.1) is 0 Å². The zero-order valence-electron chi connectivity index (χ0n) is 7.06. The highest BCUT2D eigenvalue weighted by molar-refractivity contribution is 4.99. The van der Waals surface area contributed by atoms with Crippen LogP contribution in [-0.4, -0.2) is 25.0 Å². The Kier molecular flexibility index (Phi) is 2.94. The number of rotatable bonds is 0. The van der Waals surface area contributed by atoms with Gasteiger partial charge in [-0.15, -0.1) is 0 Å². The molecule has 0 N–H and O–H groups in total. The van der Waals surface area contributed by atoms with Crippen molar-refractivity contribution in [3.05, 3.63) is 11.6 Å². The highest BCUT2D eigenvalue weighted by Crippen LogP contribution is 2.09. The fourth-order valence-corrected chi connectivity index (χ4v) is 1.37. The maximum Gasteiger partial charge on any atom is 0.00129 e. The minimum Gasteiger partial charge on any atom is -0.306 e. The summed E-state index contributed by atoms with van der Waals surface area (Å²) in [7, 11) is 2.20. The summed E-state index contributed by atoms with van der Waals surface area (Å²) >= 11 is 0. The minimum absolute atomic E-state index is 1.23. The molecule has 1 aliphatic heterocycles. The van der Waals surface area contributed by atoms with Crippen molar-refractivity contribution >= 4 is 0 Å². The largest absolute Gasteiger partial charge is 0.306 e. The summed E-state index contributed by atoms with van der Waals surface area (Å²) in [5.74, 6) is 0. The molecule has 0 unspecified atom stereocenters. The van der Waals surface area contributed by atoms with E-state index in [2.05, 4.69) is 24.9 Å². The van der Waals surface area contributed by atoms with E-state index < -0.39 is 0 Å². The maximum absolute atomic E-state index is 2.41. The van der Waals surface area contributed by atoms with Gasteiger partial charge >= 0.3 is 0 Å². The van der Waals surface area contributed by atoms with Gasteiger partial charge in [0, 0.05) is 6.54 Å². The Morgan fingerprint density at radius 1 is 1.40 bits per heavy atom. The SMILES string of the molecule is CC1=CCCN(C)CCC1. The van der Waals surface area contributed by atoms with Crippen LogP contribution in [0.25, 0.3) is 0 Å². The summed E-state index contributed by atoms with van der Waals surface area (Å²) < 4.78 is 0. The molecule has 58 valence electrons. The van der Waals surface area contributed by atoms with Gasteiger partial charge in [-0.25, -0.2) is 0 Å². The topological polar surface area (TPSA) is 3.24 Å². The predicted molar refractivity (Wildman–Crippen MR) is 45.1 cm³/mol. The highest BCUT2D eigenvalue weighted by atomic mass is 15.1. The quantitative estimate of drug-likeness (QED) is 0.464. The van der Waals surface area contributed by atoms with Crippen LogP contribution < -0.4 is 0 Å². The summed E-state index contributed by atoms with van der Waals surface area (Å²) in [6, 6.07) is 0. The lowest BCUT2D eigenvalue weighted by atomic mass is 10.1. The van der Waals surface area contributed by atoms with Gasteiger partial charge in [-0.3, -0.25) is 0 Å². The summed E-state index contributed by atoms with van der Waals surface area (Å²) in [5, 5.41) is 0. The second-order valence-electron chi connectivity index (χ2n) is 3.25. The third-order valence-corrected chi connectivity index (χ3v) is 2.11. The van der Waals surface area contributed by atoms with Crippen molar-refractivity contribution in [2.24, 2.45) is 0 Å². The standard InChI is InChI=1S/C9H17N/c1-9-5-3-7-10(2)8-4-6-9/h5H,3-4,6-8H2,1-2H3. The van der Waals surface area contributed by atoms with E-state index in [1.165, 1.54) is 32.4 Å². The number of nitrogens with zero attached hydrogens (tertiary/aromatic N) is 1. The molecule has 1 heterocycles. The van der Waals surface area contributed by atoms with Gasteiger partial charge in [-0.2, -0.15) is 0 Å². The fraction of sp³-hybridized carbons (Fsp3) is 0.778. The van der Waals surface area contributed by atoms with Gasteiger partial charge in [-0.1, -0.05) is 11.6 Å². The lowest BCUT2D eigenvalue weighted by Gasteiger charge is -2.18. The second kappa shape index (κ2) is 3.77. The van der Waals surface area contributed by atoms with E-state index in [1.807, 2.05) is 0 Å². The Morgan fingerprint density at radius 3 is 3.00 bits per heavy atom. The van der Waals surface area contributed by atoms with Gasteiger partial charge in [0.2, 0.25) is 0 Å². The van der Waals surface area contributed by atoms with Gasteiger partial charge in [0.15, 0.2) is 0 Å². The van der Waals surface area contributed by atoms with Gasteiger partial charge in [0.1, 0.15) is 0 Å². The zero-order valence-corrected chi connectivity index (χ0v) is 7.06. The van der Waals surface area contributed by atoms with Crippen LogP contribution in [0.3, 0.4) is 0 Å². The van der Waals surface area contributed by atoms with Crippen LogP contribution in [0.4, 0.5) is 0 Å². The first kappa shape index (κ1) is 7.80. The van der Waals surface area contributed by atoms with E-state index >= 15 is 0 Å². The summed E-state index contributed by atoms with van der Waals surface area (Å²) in [6.45, 7) is 4.74. The molecule has 0 aromatic rings. The lowest BCUT2D eigenvalue weighted by molar-refractivity contribution is 0.331. The second-order valence-corrected chi connectivity index (χ2v) is 3.25. The minimum atomic E-state index is 1.23. The average Bonchev–Trinajstić information content (AvgIpc) is 1.84. The van der Waals surface area contributed by atoms with E-state index in [0.29, 0.717) is 0 Å². The summed E-state index contributed by atoms with van der Waals surface area (Å²) in [5.41, 5.74) is 1.58. The number of allylic oxidation sites excluding steroid dienone is 1. The van der Waals surface area contributed by atoms with Gasteiger partial charge in [0.25, 0.3) is 0 Å². The molecule has 0 aliphatic carbocycles. The molecule has 0 fully saturated rings. The lowest BCUT2D eigenvalue weighted by Crippen LogP contribution is -2.21. The third kappa shape index (κ3) is 2.53. The predicted octanol–water partition coefficient (Wildman–Crippen LogP) is 2.05. The Balaban J connectivity index is 2.38. The smallest absolute Gasteiger partial charge is 0.00129 e. The Bertz CT molecular complexity index is 127. The molecule has 0 aromatic carbocycles. The molecule has 0 atom stereocenters. The Labute approximate surface area is 63.7 Å². The molecule has 0 amide bonds. The zero-order chi connectivity index (χ0) is 7.40. The molecule has 0 saturated heterocycles. The maximum atomic E-state index is 2.41. The summed E-state index contributed by atoms with van der Waals surface area (Å²) in [6.07, 6.45) is 6.24. The van der Waals surface area contributed by atoms with Crippen LogP contribution in [0.5, 0.6) is 0 Å². The first-order chi connectivity index (χ1) is 4.79. The molecule has 1 heteroatoms. The Hall–Kier alpha value is -0.300. The van der Waals surface area contributed by atoms with Crippen molar-refractivity contribution in [3.8, 4) is 0 Å². The molecular formula is C9H17N. The molecular weight excluding hydrogens is 122 g/mol. The van der Waals surface area contributed by atoms with Crippen molar-refractivity contribution in [2.45, 2.75) is 26.2 Å². The summed E-state index contributed by atoms with van der Waals surface area (Å²) in [4.78, 5) is 2.41. The highest BCUT2D eigenvalue weighted by Gasteiger charge is 2.00. The van der Waals surface area contributed by atoms with Crippen molar-refractivity contribution in [1.82, 2.24) is 4.90 Å². The Morgan fingerprint density at radius 2 is 2.20 bits per heavy atom. The molecule has 1 aliphatic rings. The van der Waals surface area contributed by atoms with Crippen LogP contribution in [0.1, 0.15) is 26.2 Å². The van der Waals surface area contributed by atoms with Crippen LogP contribution >= 0.6 is 0 Å². The van der Waals surface area contributed by atoms with Crippen LogP contribution in [0.15, 0.2) is 11.6 Å². The number of hydrogen-bond donors (Lipinski definition) is 0. The third-order valence-electron chi connectivity index (χ3n) is 2.11. The van der Waals surface area contributed by atoms with Crippen LogP contribution in [0, 0.1) is 0 Å². The van der Waals surface area contributed by atoms with Crippen LogP contribution in [0.2, 0.25) is 0 Å². The monoisotopic (exact) mass is 139 g/mol. The molecule has 1 nitrogen and oxygen atoms in total. The molecule has 0 saturated carbocycles. The van der Waals surface area contributed by atoms with E-state index in [-0.39, 0.29) is 0 Å². The van der Waals surface area contributed by atoms with Crippen molar-refractivity contribution in [3.63, 3.8) is 0 Å². The van der Waals surface area contributed by atoms with Crippen LogP contribution in [-0.2, 0) is 0 Å². The molecule has 1 rings (SSSR count). The fourth-order valence-electron chi connectivity index (χ4n) is 1.37. The van der Waals surface area contributed by atoms with E-state index in [9.17, 15) is 0 Å². The first-order valence-electron chi connectivity index (χ1n) is 4.13. The number of hydrogen-bond acceptors (Lipinski definition) is 1. The van der Waals surface area contributed by atoms with E-state index in [4.69, 9.17) is 0 Å². The van der Waals surface area contributed by atoms with Gasteiger partial charge < -0.3 is 4.90 Å². The van der Waals surface area contributed by atoms with Crippen molar-refractivity contribution in [2.75, 3.05) is 20.1 Å². The van der Waals surface area contributed by atoms with E-state index in [1.54, 1.807) is 5.57 Å². The normalized spacial score (nSPS) is 23.2. The molecule has 0 spiro atoms. The van der Waals surface area contributed by atoms with Crippen molar-refractivity contribution in [1.29, 1.82) is 0 Å². The van der Waals surface area contributed by atoms with Crippen molar-refractivity contribution < 1.29 is 0 Å². The molecule has 0 bridgehead atoms. The van der Waals surface area contributed by atoms with E-state index in [0.717, 1.165) is 0 Å². The molecule has 0 aromatic heterocycles. The van der Waals surface area contributed by atoms with Gasteiger partial charge in [-0.05, 0) is 39.8 Å².